The first-order chi connectivity index (χ1) is 5.74. The fourth-order valence-electron chi connectivity index (χ4n) is 0.645. The van der Waals surface area contributed by atoms with E-state index in [1.807, 2.05) is 0 Å². The summed E-state index contributed by atoms with van der Waals surface area (Å²) in [6.45, 7) is 0. The Morgan fingerprint density at radius 3 is 3.00 bits per heavy atom. The second-order valence-electron chi connectivity index (χ2n) is 1.95. The van der Waals surface area contributed by atoms with E-state index in [0.29, 0.717) is 11.4 Å². The Bertz CT molecular complexity index is 395. The van der Waals surface area contributed by atoms with Gasteiger partial charge in [0.25, 0.3) is 0 Å². The predicted molar refractivity (Wildman–Crippen MR) is 48.8 cm³/mol. The van der Waals surface area contributed by atoms with Crippen LogP contribution >= 0.6 is 15.9 Å². The van der Waals surface area contributed by atoms with Gasteiger partial charge in [0.05, 0.1) is 5.56 Å². The summed E-state index contributed by atoms with van der Waals surface area (Å²) in [5.74, 6) is 5.16. The van der Waals surface area contributed by atoms with E-state index < -0.39 is 0 Å². The van der Waals surface area contributed by atoms with Crippen molar-refractivity contribution in [2.75, 3.05) is 5.73 Å². The molecule has 0 aliphatic rings. The smallest absolute Gasteiger partial charge is 0.152 e. The highest BCUT2D eigenvalue weighted by Gasteiger charge is 1.96. The van der Waals surface area contributed by atoms with Crippen LogP contribution in [0.15, 0.2) is 16.7 Å². The van der Waals surface area contributed by atoms with Crippen molar-refractivity contribution in [3.8, 4) is 17.9 Å². The van der Waals surface area contributed by atoms with Gasteiger partial charge in [0.15, 0.2) is 6.07 Å². The zero-order valence-corrected chi connectivity index (χ0v) is 7.59. The van der Waals surface area contributed by atoms with E-state index in [9.17, 15) is 0 Å². The van der Waals surface area contributed by atoms with E-state index in [1.54, 1.807) is 18.3 Å². The molecule has 0 unspecified atom stereocenters. The van der Waals surface area contributed by atoms with E-state index in [0.717, 1.165) is 4.47 Å². The Morgan fingerprint density at radius 1 is 1.58 bits per heavy atom. The lowest BCUT2D eigenvalue weighted by atomic mass is 10.2. The van der Waals surface area contributed by atoms with Gasteiger partial charge in [-0.15, -0.1) is 0 Å². The van der Waals surface area contributed by atoms with Crippen LogP contribution in [0.3, 0.4) is 0 Å². The summed E-state index contributed by atoms with van der Waals surface area (Å²) in [5.41, 5.74) is 6.05. The molecule has 0 aliphatic carbocycles. The van der Waals surface area contributed by atoms with Gasteiger partial charge < -0.3 is 5.73 Å². The van der Waals surface area contributed by atoms with Crippen LogP contribution < -0.4 is 5.73 Å². The molecule has 3 nitrogen and oxygen atoms in total. The molecule has 2 N–H and O–H groups in total. The van der Waals surface area contributed by atoms with Gasteiger partial charge in [-0.05, 0) is 27.9 Å². The molecule has 0 bridgehead atoms. The summed E-state index contributed by atoms with van der Waals surface area (Å²) in [7, 11) is 0. The number of nitrogen functional groups attached to an aromatic ring is 1. The maximum Gasteiger partial charge on any atom is 0.152 e. The SMILES string of the molecule is N#CC#Cc1cc(Br)cnc1N. The van der Waals surface area contributed by atoms with Crippen LogP contribution in [-0.4, -0.2) is 4.98 Å². The fraction of sp³-hybridized carbons (Fsp3) is 0. The number of nitrogens with two attached hydrogens (primary N) is 1. The van der Waals surface area contributed by atoms with E-state index in [4.69, 9.17) is 11.0 Å². The first-order valence-corrected chi connectivity index (χ1v) is 3.84. The third kappa shape index (κ3) is 1.98. The largest absolute Gasteiger partial charge is 0.383 e. The van der Waals surface area contributed by atoms with Crippen LogP contribution in [0.5, 0.6) is 0 Å². The van der Waals surface area contributed by atoms with E-state index in [2.05, 4.69) is 32.8 Å². The van der Waals surface area contributed by atoms with E-state index >= 15 is 0 Å². The van der Waals surface area contributed by atoms with Crippen molar-refractivity contribution in [3.05, 3.63) is 22.3 Å². The Hall–Kier alpha value is -1.52. The number of aromatic nitrogens is 1. The van der Waals surface area contributed by atoms with Crippen LogP contribution in [0.2, 0.25) is 0 Å². The molecule has 1 rings (SSSR count). The highest BCUT2D eigenvalue weighted by Crippen LogP contribution is 2.13. The number of nitrogens with zero attached hydrogens (tertiary/aromatic N) is 2. The summed E-state index contributed by atoms with van der Waals surface area (Å²) in [4.78, 5) is 3.85. The summed E-state index contributed by atoms with van der Waals surface area (Å²) >= 11 is 3.22. The number of rotatable bonds is 0. The zero-order chi connectivity index (χ0) is 8.97. The van der Waals surface area contributed by atoms with E-state index in [-0.39, 0.29) is 0 Å². The van der Waals surface area contributed by atoms with Crippen LogP contribution in [0.4, 0.5) is 5.82 Å². The molecule has 1 aromatic heterocycles. The molecule has 0 radical (unpaired) electrons. The van der Waals surface area contributed by atoms with Gasteiger partial charge in [0, 0.05) is 16.6 Å². The molecule has 1 aromatic rings. The Labute approximate surface area is 78.3 Å². The van der Waals surface area contributed by atoms with Gasteiger partial charge in [-0.2, -0.15) is 5.26 Å². The molecule has 0 aromatic carbocycles. The maximum atomic E-state index is 8.19. The summed E-state index contributed by atoms with van der Waals surface area (Å²) in [5, 5.41) is 8.19. The zero-order valence-electron chi connectivity index (χ0n) is 6.00. The highest BCUT2D eigenvalue weighted by atomic mass is 79.9. The number of halogens is 1. The Kier molecular flexibility index (Phi) is 2.68. The first kappa shape index (κ1) is 8.58. The molecule has 0 saturated carbocycles. The molecule has 0 saturated heterocycles. The molecule has 12 heavy (non-hydrogen) atoms. The minimum atomic E-state index is 0.334. The van der Waals surface area contributed by atoms with Crippen molar-refractivity contribution >= 4 is 21.7 Å². The van der Waals surface area contributed by atoms with Gasteiger partial charge in [-0.3, -0.25) is 0 Å². The molecular formula is C8H4BrN3. The minimum absolute atomic E-state index is 0.334. The van der Waals surface area contributed by atoms with Crippen LogP contribution in [0, 0.1) is 23.2 Å². The summed E-state index contributed by atoms with van der Waals surface area (Å²) in [6.07, 6.45) is 1.58. The monoisotopic (exact) mass is 221 g/mol. The van der Waals surface area contributed by atoms with Crippen molar-refractivity contribution in [1.29, 1.82) is 5.26 Å². The van der Waals surface area contributed by atoms with Gasteiger partial charge in [-0.25, -0.2) is 4.98 Å². The van der Waals surface area contributed by atoms with Crippen molar-refractivity contribution < 1.29 is 0 Å². The van der Waals surface area contributed by atoms with Crippen LogP contribution in [0.1, 0.15) is 5.56 Å². The fourth-order valence-corrected chi connectivity index (χ4v) is 0.977. The lowest BCUT2D eigenvalue weighted by Gasteiger charge is -1.95. The lowest BCUT2D eigenvalue weighted by Crippen LogP contribution is -1.93. The average Bonchev–Trinajstić information content (AvgIpc) is 2.07. The van der Waals surface area contributed by atoms with Crippen molar-refractivity contribution in [1.82, 2.24) is 4.98 Å². The molecule has 0 aliphatic heterocycles. The second-order valence-corrected chi connectivity index (χ2v) is 2.86. The summed E-state index contributed by atoms with van der Waals surface area (Å²) in [6, 6.07) is 3.42. The first-order valence-electron chi connectivity index (χ1n) is 3.05. The third-order valence-corrected chi connectivity index (χ3v) is 1.57. The topological polar surface area (TPSA) is 62.7 Å². The van der Waals surface area contributed by atoms with Crippen molar-refractivity contribution in [2.24, 2.45) is 0 Å². The van der Waals surface area contributed by atoms with Crippen molar-refractivity contribution in [3.63, 3.8) is 0 Å². The van der Waals surface area contributed by atoms with Crippen LogP contribution in [-0.2, 0) is 0 Å². The number of hydrogen-bond acceptors (Lipinski definition) is 3. The van der Waals surface area contributed by atoms with E-state index in [1.165, 1.54) is 0 Å². The molecule has 58 valence electrons. The molecule has 4 heteroatoms. The average molecular weight is 222 g/mol. The molecule has 0 atom stereocenters. The highest BCUT2D eigenvalue weighted by molar-refractivity contribution is 9.10. The Morgan fingerprint density at radius 2 is 2.33 bits per heavy atom. The maximum absolute atomic E-state index is 8.19. The number of pyridine rings is 1. The standard InChI is InChI=1S/C8H4BrN3/c9-7-4-6(2-1-3-10)8(11)12-5-7/h4-5H,(H2,11,12). The van der Waals surface area contributed by atoms with Crippen LogP contribution in [0.25, 0.3) is 0 Å². The minimum Gasteiger partial charge on any atom is -0.383 e. The summed E-state index contributed by atoms with van der Waals surface area (Å²) < 4.78 is 0.791. The van der Waals surface area contributed by atoms with Crippen molar-refractivity contribution in [2.45, 2.75) is 0 Å². The molecule has 1 heterocycles. The Balaban J connectivity index is 3.16. The lowest BCUT2D eigenvalue weighted by molar-refractivity contribution is 1.30. The van der Waals surface area contributed by atoms with Gasteiger partial charge in [0.1, 0.15) is 5.82 Å². The predicted octanol–water partition coefficient (Wildman–Crippen LogP) is 1.30. The molecule has 0 amide bonds. The quantitative estimate of drug-likeness (QED) is 0.673. The molecule has 0 fully saturated rings. The number of nitriles is 1. The van der Waals surface area contributed by atoms with Gasteiger partial charge in [-0.1, -0.05) is 0 Å². The van der Waals surface area contributed by atoms with Gasteiger partial charge >= 0.3 is 0 Å². The second kappa shape index (κ2) is 3.75. The third-order valence-electron chi connectivity index (χ3n) is 1.14. The molecule has 0 spiro atoms. The molecular weight excluding hydrogens is 218 g/mol. The number of hydrogen-bond donors (Lipinski definition) is 1. The normalized spacial score (nSPS) is 8.00. The number of anilines is 1. The van der Waals surface area contributed by atoms with Gasteiger partial charge in [0.2, 0.25) is 0 Å².